The first-order valence-electron chi connectivity index (χ1n) is 8.21. The molecule has 1 saturated heterocycles. The number of phenols is 2. The Bertz CT molecular complexity index is 827. The van der Waals surface area contributed by atoms with Crippen molar-refractivity contribution in [3.8, 4) is 11.5 Å². The van der Waals surface area contributed by atoms with E-state index in [1.807, 2.05) is 35.2 Å². The molecule has 3 rings (SSSR count). The number of benzene rings is 2. The van der Waals surface area contributed by atoms with E-state index in [9.17, 15) is 25.1 Å². The summed E-state index contributed by atoms with van der Waals surface area (Å²) >= 11 is 0. The molecule has 0 radical (unpaired) electrons. The van der Waals surface area contributed by atoms with Gasteiger partial charge in [0.1, 0.15) is 0 Å². The highest BCUT2D eigenvalue weighted by Gasteiger charge is 2.24. The van der Waals surface area contributed by atoms with Crippen molar-refractivity contribution in [2.75, 3.05) is 37.6 Å². The topological polar surface area (TPSA) is 107 Å². The summed E-state index contributed by atoms with van der Waals surface area (Å²) in [5, 5.41) is 30.0. The van der Waals surface area contributed by atoms with Crippen LogP contribution in [-0.2, 0) is 0 Å². The van der Waals surface area contributed by atoms with Crippen LogP contribution in [0.5, 0.6) is 11.5 Å². The van der Waals surface area contributed by atoms with Crippen LogP contribution in [0.15, 0.2) is 42.5 Å². The minimum Gasteiger partial charge on any atom is -0.504 e. The monoisotopic (exact) mass is 429 g/mol. The fraction of sp³-hybridized carbons (Fsp3) is 0.278. The Morgan fingerprint density at radius 3 is 2.21 bits per heavy atom. The van der Waals surface area contributed by atoms with E-state index in [0.29, 0.717) is 13.1 Å². The van der Waals surface area contributed by atoms with E-state index >= 15 is 0 Å². The number of Topliss-reactive ketones (excluding diaryl/α,β-unsaturated/α-hetero) is 1. The van der Waals surface area contributed by atoms with Gasteiger partial charge in [0, 0.05) is 43.5 Å². The third kappa shape index (κ3) is 5.25. The van der Waals surface area contributed by atoms with Gasteiger partial charge in [-0.05, 0) is 18.2 Å². The van der Waals surface area contributed by atoms with E-state index in [2.05, 4.69) is 4.90 Å². The third-order valence-electron chi connectivity index (χ3n) is 4.45. The smallest absolute Gasteiger partial charge is 0.315 e. The summed E-state index contributed by atoms with van der Waals surface area (Å²) < 4.78 is 0. The second kappa shape index (κ2) is 10.1. The van der Waals surface area contributed by atoms with Gasteiger partial charge in [-0.25, -0.2) is 0 Å². The summed E-state index contributed by atoms with van der Waals surface area (Å²) in [5.74, 6) is -1.84. The summed E-state index contributed by atoms with van der Waals surface area (Å²) in [6.45, 7) is 3.03. The Balaban J connectivity index is 0.00000196. The van der Waals surface area contributed by atoms with E-state index < -0.39 is 22.1 Å². The lowest BCUT2D eigenvalue weighted by atomic mass is 10.1. The number of hydrogen-bond acceptors (Lipinski definition) is 7. The van der Waals surface area contributed by atoms with Gasteiger partial charge in [0.05, 0.1) is 11.5 Å². The lowest BCUT2D eigenvalue weighted by Gasteiger charge is -2.35. The number of carbonyl (C=O) groups is 1. The van der Waals surface area contributed by atoms with Crippen LogP contribution in [0.2, 0.25) is 0 Å². The molecule has 0 aromatic heterocycles. The zero-order valence-electron chi connectivity index (χ0n) is 14.9. The van der Waals surface area contributed by atoms with Crippen LogP contribution < -0.4 is 4.90 Å². The standard InChI is InChI=1S/C18H19N3O5.2ClH/c22-16-11-13(10-15(18(16)24)21(25)26)17(23)12-19-6-8-20(9-7-19)14-4-2-1-3-5-14;;/h1-5,10-11,22,24H,6-9,12H2;2*1H. The average molecular weight is 430 g/mol. The molecule has 0 unspecified atom stereocenters. The molecule has 0 spiro atoms. The summed E-state index contributed by atoms with van der Waals surface area (Å²) in [6.07, 6.45) is 0. The molecule has 0 bridgehead atoms. The van der Waals surface area contributed by atoms with Gasteiger partial charge in [-0.3, -0.25) is 19.8 Å². The van der Waals surface area contributed by atoms with Gasteiger partial charge in [-0.2, -0.15) is 0 Å². The van der Waals surface area contributed by atoms with Crippen LogP contribution in [0.1, 0.15) is 10.4 Å². The number of hydrogen-bond donors (Lipinski definition) is 2. The predicted molar refractivity (Wildman–Crippen MR) is 110 cm³/mol. The first-order valence-corrected chi connectivity index (χ1v) is 8.21. The van der Waals surface area contributed by atoms with Gasteiger partial charge in [0.15, 0.2) is 11.5 Å². The highest BCUT2D eigenvalue weighted by atomic mass is 35.5. The number of nitrogens with zero attached hydrogens (tertiary/aromatic N) is 3. The fourth-order valence-electron chi connectivity index (χ4n) is 3.00. The minimum absolute atomic E-state index is 0. The fourth-order valence-corrected chi connectivity index (χ4v) is 3.00. The molecule has 0 atom stereocenters. The maximum atomic E-state index is 12.4. The SMILES string of the molecule is Cl.Cl.O=C(CN1CCN(c2ccccc2)CC1)c1cc(O)c(O)c([N+](=O)[O-])c1. The average Bonchev–Trinajstić information content (AvgIpc) is 2.65. The number of rotatable bonds is 5. The number of nitro groups is 1. The Morgan fingerprint density at radius 2 is 1.64 bits per heavy atom. The molecule has 8 nitrogen and oxygen atoms in total. The molecule has 152 valence electrons. The molecule has 0 saturated carbocycles. The number of aromatic hydroxyl groups is 2. The van der Waals surface area contributed by atoms with E-state index in [1.54, 1.807) is 0 Å². The van der Waals surface area contributed by atoms with E-state index in [0.717, 1.165) is 30.9 Å². The second-order valence-corrected chi connectivity index (χ2v) is 6.14. The number of halogens is 2. The lowest BCUT2D eigenvalue weighted by molar-refractivity contribution is -0.386. The van der Waals surface area contributed by atoms with E-state index in [4.69, 9.17) is 0 Å². The van der Waals surface area contributed by atoms with Crippen molar-refractivity contribution < 1.29 is 19.9 Å². The highest BCUT2D eigenvalue weighted by molar-refractivity contribution is 5.99. The number of ketones is 1. The van der Waals surface area contributed by atoms with Crippen molar-refractivity contribution in [1.29, 1.82) is 0 Å². The Labute approximate surface area is 174 Å². The molecule has 2 aromatic carbocycles. The number of phenolic OH excluding ortho intramolecular Hbond substituents is 2. The number of carbonyl (C=O) groups excluding carboxylic acids is 1. The zero-order chi connectivity index (χ0) is 18.7. The molecule has 2 N–H and O–H groups in total. The van der Waals surface area contributed by atoms with Crippen LogP contribution in [0.25, 0.3) is 0 Å². The first-order chi connectivity index (χ1) is 12.5. The Hall–Kier alpha value is -2.55. The van der Waals surface area contributed by atoms with Gasteiger partial charge < -0.3 is 15.1 Å². The maximum absolute atomic E-state index is 12.4. The quantitative estimate of drug-likeness (QED) is 0.325. The minimum atomic E-state index is -0.831. The Morgan fingerprint density at radius 1 is 1.04 bits per heavy atom. The van der Waals surface area contributed by atoms with Crippen molar-refractivity contribution in [1.82, 2.24) is 4.90 Å². The number of para-hydroxylation sites is 1. The number of anilines is 1. The molecule has 2 aromatic rings. The van der Waals surface area contributed by atoms with Crippen LogP contribution in [0.4, 0.5) is 11.4 Å². The molecule has 1 aliphatic rings. The van der Waals surface area contributed by atoms with Crippen LogP contribution >= 0.6 is 24.8 Å². The summed E-state index contributed by atoms with van der Waals surface area (Å²) in [4.78, 5) is 26.7. The largest absolute Gasteiger partial charge is 0.504 e. The molecule has 1 fully saturated rings. The van der Waals surface area contributed by atoms with Crippen molar-refractivity contribution >= 4 is 42.0 Å². The van der Waals surface area contributed by atoms with Crippen molar-refractivity contribution in [2.45, 2.75) is 0 Å². The van der Waals surface area contributed by atoms with Crippen LogP contribution in [0.3, 0.4) is 0 Å². The van der Waals surface area contributed by atoms with Crippen LogP contribution in [-0.4, -0.2) is 58.5 Å². The van der Waals surface area contributed by atoms with Crippen molar-refractivity contribution in [2.24, 2.45) is 0 Å². The second-order valence-electron chi connectivity index (χ2n) is 6.14. The molecule has 0 aliphatic carbocycles. The number of nitro benzene ring substituents is 1. The molecular formula is C18H21Cl2N3O5. The molecular weight excluding hydrogens is 409 g/mol. The van der Waals surface area contributed by atoms with E-state index in [-0.39, 0.29) is 42.7 Å². The third-order valence-corrected chi connectivity index (χ3v) is 4.45. The predicted octanol–water partition coefficient (Wildman–Crippen LogP) is 2.85. The van der Waals surface area contributed by atoms with E-state index in [1.165, 1.54) is 0 Å². The van der Waals surface area contributed by atoms with Gasteiger partial charge >= 0.3 is 5.69 Å². The van der Waals surface area contributed by atoms with Gasteiger partial charge in [0.25, 0.3) is 0 Å². The highest BCUT2D eigenvalue weighted by Crippen LogP contribution is 2.36. The summed E-state index contributed by atoms with van der Waals surface area (Å²) in [7, 11) is 0. The maximum Gasteiger partial charge on any atom is 0.315 e. The van der Waals surface area contributed by atoms with Gasteiger partial charge in [-0.15, -0.1) is 24.8 Å². The van der Waals surface area contributed by atoms with Crippen molar-refractivity contribution in [3.63, 3.8) is 0 Å². The van der Waals surface area contributed by atoms with Gasteiger partial charge in [0.2, 0.25) is 5.75 Å². The molecule has 10 heteroatoms. The van der Waals surface area contributed by atoms with Gasteiger partial charge in [-0.1, -0.05) is 18.2 Å². The molecule has 1 aliphatic heterocycles. The van der Waals surface area contributed by atoms with Crippen LogP contribution in [0, 0.1) is 10.1 Å². The Kier molecular flexibility index (Phi) is 8.49. The first kappa shape index (κ1) is 23.5. The molecule has 28 heavy (non-hydrogen) atoms. The summed E-state index contributed by atoms with van der Waals surface area (Å²) in [6, 6.07) is 12.1. The normalized spacial score (nSPS) is 13.9. The zero-order valence-corrected chi connectivity index (χ0v) is 16.5. The number of piperazine rings is 1. The molecule has 0 amide bonds. The van der Waals surface area contributed by atoms with Crippen molar-refractivity contribution in [3.05, 3.63) is 58.1 Å². The molecule has 1 heterocycles. The summed E-state index contributed by atoms with van der Waals surface area (Å²) in [5.41, 5.74) is 0.470. The lowest BCUT2D eigenvalue weighted by Crippen LogP contribution is -2.48.